The van der Waals surface area contributed by atoms with Gasteiger partial charge in [0.2, 0.25) is 0 Å². The third kappa shape index (κ3) is 5.13. The first-order chi connectivity index (χ1) is 14.7. The molecule has 1 aromatic heterocycles. The van der Waals surface area contributed by atoms with E-state index in [0.717, 1.165) is 4.47 Å². The predicted octanol–water partition coefficient (Wildman–Crippen LogP) is 4.36. The van der Waals surface area contributed by atoms with Crippen LogP contribution in [0.3, 0.4) is 0 Å². The monoisotopic (exact) mass is 551 g/mol. The van der Waals surface area contributed by atoms with Crippen molar-refractivity contribution in [1.82, 2.24) is 9.66 Å². The number of fused-ring (bicyclic) bond motifs is 1. The average molecular weight is 553 g/mol. The molecule has 1 heterocycles. The summed E-state index contributed by atoms with van der Waals surface area (Å²) in [5.74, 6) is -0.00167. The summed E-state index contributed by atoms with van der Waals surface area (Å²) in [6.45, 7) is 5.30. The van der Waals surface area contributed by atoms with Gasteiger partial charge in [0.1, 0.15) is 5.82 Å². The third-order valence-corrected chi connectivity index (χ3v) is 5.48. The number of halogens is 2. The summed E-state index contributed by atoms with van der Waals surface area (Å²) in [5, 5.41) is 13.9. The number of aryl methyl sites for hydroxylation is 1. The first-order valence-electron chi connectivity index (χ1n) is 9.30. The second-order valence-electron chi connectivity index (χ2n) is 6.53. The fourth-order valence-corrected chi connectivity index (χ4v) is 3.55. The quantitative estimate of drug-likeness (QED) is 0.437. The van der Waals surface area contributed by atoms with Gasteiger partial charge >= 0.3 is 5.97 Å². The lowest BCUT2D eigenvalue weighted by atomic mass is 10.2. The lowest BCUT2D eigenvalue weighted by Crippen LogP contribution is -2.23. The Bertz CT molecular complexity index is 1240. The maximum Gasteiger partial charge on any atom is 0.344 e. The van der Waals surface area contributed by atoms with Crippen LogP contribution in [0.1, 0.15) is 25.2 Å². The minimum atomic E-state index is -1.09. The van der Waals surface area contributed by atoms with E-state index >= 15 is 0 Å². The largest absolute Gasteiger partial charge is 0.490 e. The molecule has 8 nitrogen and oxygen atoms in total. The van der Waals surface area contributed by atoms with Gasteiger partial charge in [-0.2, -0.15) is 9.78 Å². The van der Waals surface area contributed by atoms with Gasteiger partial charge in [-0.25, -0.2) is 9.78 Å². The Morgan fingerprint density at radius 2 is 2.03 bits per heavy atom. The number of hydrogen-bond donors (Lipinski definition) is 1. The number of aliphatic carboxylic acids is 1. The zero-order valence-electron chi connectivity index (χ0n) is 16.9. The summed E-state index contributed by atoms with van der Waals surface area (Å²) in [7, 11) is 0. The van der Waals surface area contributed by atoms with Crippen molar-refractivity contribution in [2.24, 2.45) is 5.10 Å². The second kappa shape index (κ2) is 9.61. The number of nitrogens with zero attached hydrogens (tertiary/aromatic N) is 3. The summed E-state index contributed by atoms with van der Waals surface area (Å²) in [6, 6.07) is 8.56. The van der Waals surface area contributed by atoms with Crippen LogP contribution in [0.25, 0.3) is 10.9 Å². The van der Waals surface area contributed by atoms with Crippen molar-refractivity contribution < 1.29 is 19.4 Å². The Kier molecular flexibility index (Phi) is 7.11. The molecule has 0 amide bonds. The molecule has 0 unspecified atom stereocenters. The van der Waals surface area contributed by atoms with Crippen LogP contribution in [0.5, 0.6) is 11.5 Å². The maximum atomic E-state index is 12.9. The summed E-state index contributed by atoms with van der Waals surface area (Å²) in [4.78, 5) is 28.5. The van der Waals surface area contributed by atoms with Gasteiger partial charge < -0.3 is 14.6 Å². The van der Waals surface area contributed by atoms with E-state index < -0.39 is 12.1 Å². The molecule has 0 bridgehead atoms. The number of ether oxygens (including phenoxy) is 2. The van der Waals surface area contributed by atoms with Gasteiger partial charge in [-0.15, -0.1) is 0 Å². The number of carboxylic acids is 1. The van der Waals surface area contributed by atoms with E-state index in [1.54, 1.807) is 31.2 Å². The standard InChI is InChI=1S/C21H19Br2N3O5/c1-4-30-18-7-13(16(23)9-19(18)31-11(2)21(28)29)10-24-26-12(3)25-17-6-5-14(22)8-15(17)20(26)27/h5-11H,4H2,1-3H3,(H,28,29)/t11-/m1/s1. The Hall–Kier alpha value is -2.72. The second-order valence-corrected chi connectivity index (χ2v) is 8.30. The normalized spacial score (nSPS) is 12.3. The molecule has 0 saturated heterocycles. The molecule has 31 heavy (non-hydrogen) atoms. The number of aromatic nitrogens is 2. The van der Waals surface area contributed by atoms with E-state index in [9.17, 15) is 9.59 Å². The number of hydrogen-bond acceptors (Lipinski definition) is 6. The van der Waals surface area contributed by atoms with E-state index in [0.29, 0.717) is 39.1 Å². The summed E-state index contributed by atoms with van der Waals surface area (Å²) in [5.41, 5.74) is 0.905. The molecule has 0 aliphatic heterocycles. The average Bonchev–Trinajstić information content (AvgIpc) is 2.71. The molecule has 3 rings (SSSR count). The first kappa shape index (κ1) is 23.0. The summed E-state index contributed by atoms with van der Waals surface area (Å²) in [6.07, 6.45) is 0.450. The number of carboxylic acid groups (broad SMARTS) is 1. The fraction of sp³-hybridized carbons (Fsp3) is 0.238. The lowest BCUT2D eigenvalue weighted by molar-refractivity contribution is -0.144. The van der Waals surface area contributed by atoms with E-state index in [1.165, 1.54) is 17.8 Å². The van der Waals surface area contributed by atoms with Crippen molar-refractivity contribution in [3.63, 3.8) is 0 Å². The highest BCUT2D eigenvalue weighted by Gasteiger charge is 2.17. The number of carbonyl (C=O) groups is 1. The molecule has 0 saturated carbocycles. The van der Waals surface area contributed by atoms with E-state index in [4.69, 9.17) is 14.6 Å². The van der Waals surface area contributed by atoms with Gasteiger partial charge in [-0.1, -0.05) is 15.9 Å². The molecule has 1 N–H and O–H groups in total. The molecular weight excluding hydrogens is 534 g/mol. The smallest absolute Gasteiger partial charge is 0.344 e. The molecule has 3 aromatic rings. The van der Waals surface area contributed by atoms with Crippen LogP contribution >= 0.6 is 31.9 Å². The van der Waals surface area contributed by atoms with Crippen LogP contribution < -0.4 is 15.0 Å². The highest BCUT2D eigenvalue weighted by atomic mass is 79.9. The van der Waals surface area contributed by atoms with Crippen LogP contribution in [-0.4, -0.2) is 39.7 Å². The Morgan fingerprint density at radius 1 is 1.29 bits per heavy atom. The zero-order chi connectivity index (χ0) is 22.7. The molecule has 0 fully saturated rings. The Labute approximate surface area is 194 Å². The minimum absolute atomic E-state index is 0.284. The SMILES string of the molecule is CCOc1cc(C=Nn2c(C)nc3ccc(Br)cc3c2=O)c(Br)cc1O[C@H](C)C(=O)O. The molecule has 1 atom stereocenters. The van der Waals surface area contributed by atoms with Crippen LogP contribution in [-0.2, 0) is 4.79 Å². The van der Waals surface area contributed by atoms with Gasteiger partial charge in [0, 0.05) is 14.5 Å². The van der Waals surface area contributed by atoms with Gasteiger partial charge in [-0.3, -0.25) is 4.79 Å². The van der Waals surface area contributed by atoms with Crippen molar-refractivity contribution in [3.8, 4) is 11.5 Å². The van der Waals surface area contributed by atoms with Crippen LogP contribution in [0.4, 0.5) is 0 Å². The fourth-order valence-electron chi connectivity index (χ4n) is 2.77. The Morgan fingerprint density at radius 3 is 2.71 bits per heavy atom. The first-order valence-corrected chi connectivity index (χ1v) is 10.9. The third-order valence-electron chi connectivity index (χ3n) is 4.30. The number of rotatable bonds is 7. The minimum Gasteiger partial charge on any atom is -0.490 e. The molecule has 162 valence electrons. The zero-order valence-corrected chi connectivity index (χ0v) is 20.1. The molecule has 10 heteroatoms. The predicted molar refractivity (Wildman–Crippen MR) is 124 cm³/mol. The molecule has 2 aromatic carbocycles. The highest BCUT2D eigenvalue weighted by molar-refractivity contribution is 9.10. The van der Waals surface area contributed by atoms with Crippen LogP contribution in [0.2, 0.25) is 0 Å². The number of benzene rings is 2. The lowest BCUT2D eigenvalue weighted by Gasteiger charge is -2.16. The van der Waals surface area contributed by atoms with Crippen LogP contribution in [0, 0.1) is 6.92 Å². The molecule has 0 aliphatic rings. The highest BCUT2D eigenvalue weighted by Crippen LogP contribution is 2.34. The van der Waals surface area contributed by atoms with E-state index in [-0.39, 0.29) is 11.3 Å². The van der Waals surface area contributed by atoms with Crippen molar-refractivity contribution in [1.29, 1.82) is 0 Å². The van der Waals surface area contributed by atoms with Crippen molar-refractivity contribution in [2.45, 2.75) is 26.9 Å². The van der Waals surface area contributed by atoms with Gasteiger partial charge in [0.05, 0.1) is 23.7 Å². The molecule has 0 radical (unpaired) electrons. The Balaban J connectivity index is 2.03. The van der Waals surface area contributed by atoms with Crippen molar-refractivity contribution in [3.05, 3.63) is 61.0 Å². The van der Waals surface area contributed by atoms with Gasteiger partial charge in [-0.05, 0) is 67.0 Å². The van der Waals surface area contributed by atoms with Crippen molar-refractivity contribution >= 4 is 54.9 Å². The summed E-state index contributed by atoms with van der Waals surface area (Å²) >= 11 is 6.80. The van der Waals surface area contributed by atoms with Gasteiger partial charge in [0.15, 0.2) is 17.6 Å². The summed E-state index contributed by atoms with van der Waals surface area (Å²) < 4.78 is 13.7. The topological polar surface area (TPSA) is 103 Å². The molecule has 0 spiro atoms. The van der Waals surface area contributed by atoms with E-state index in [2.05, 4.69) is 41.9 Å². The maximum absolute atomic E-state index is 12.9. The van der Waals surface area contributed by atoms with Gasteiger partial charge in [0.25, 0.3) is 5.56 Å². The van der Waals surface area contributed by atoms with Crippen molar-refractivity contribution in [2.75, 3.05) is 6.61 Å². The molecule has 0 aliphatic carbocycles. The van der Waals surface area contributed by atoms with E-state index in [1.807, 2.05) is 13.0 Å². The molecular formula is C21H19Br2N3O5. The van der Waals surface area contributed by atoms with Crippen LogP contribution in [0.15, 0.2) is 49.2 Å².